The van der Waals surface area contributed by atoms with E-state index in [9.17, 15) is 14.7 Å². The maximum Gasteiger partial charge on any atom is 0.261 e. The van der Waals surface area contributed by atoms with Crippen LogP contribution in [0.4, 0.5) is 5.69 Å². The van der Waals surface area contributed by atoms with E-state index in [0.717, 1.165) is 18.4 Å². The quantitative estimate of drug-likeness (QED) is 0.735. The highest BCUT2D eigenvalue weighted by atomic mass is 35.5. The van der Waals surface area contributed by atoms with E-state index >= 15 is 0 Å². The molecule has 0 unspecified atom stereocenters. The van der Waals surface area contributed by atoms with E-state index in [-0.39, 0.29) is 46.9 Å². The summed E-state index contributed by atoms with van der Waals surface area (Å²) in [5, 5.41) is 13.6. The number of amides is 2. The third-order valence-electron chi connectivity index (χ3n) is 5.92. The van der Waals surface area contributed by atoms with Crippen molar-refractivity contribution >= 4 is 29.1 Å². The summed E-state index contributed by atoms with van der Waals surface area (Å²) in [6, 6.07) is 5.06. The fraction of sp³-hybridized carbons (Fsp3) is 0.409. The Morgan fingerprint density at radius 2 is 2.13 bits per heavy atom. The lowest BCUT2D eigenvalue weighted by Gasteiger charge is -2.37. The average Bonchev–Trinajstić information content (AvgIpc) is 3.30. The molecule has 0 saturated heterocycles. The fourth-order valence-electron chi connectivity index (χ4n) is 4.57. The second-order valence-corrected chi connectivity index (χ2v) is 9.09. The molecule has 2 aliphatic heterocycles. The summed E-state index contributed by atoms with van der Waals surface area (Å²) in [7, 11) is 0. The number of carbonyl (C=O) groups excluding carboxylic acids is 2. The molecule has 5 rings (SSSR count). The highest BCUT2D eigenvalue weighted by Crippen LogP contribution is 2.44. The van der Waals surface area contributed by atoms with Crippen molar-refractivity contribution in [1.82, 2.24) is 9.88 Å². The predicted octanol–water partition coefficient (Wildman–Crippen LogP) is 3.22. The number of ether oxygens (including phenoxy) is 2. The van der Waals surface area contributed by atoms with Gasteiger partial charge < -0.3 is 24.8 Å². The summed E-state index contributed by atoms with van der Waals surface area (Å²) >= 11 is 6.21. The monoisotopic (exact) mass is 443 g/mol. The maximum absolute atomic E-state index is 13.4. The fourth-order valence-corrected chi connectivity index (χ4v) is 4.79. The largest absolute Gasteiger partial charge is 0.451 e. The lowest BCUT2D eigenvalue weighted by molar-refractivity contribution is -0.0224. The van der Waals surface area contributed by atoms with E-state index in [1.807, 2.05) is 6.07 Å². The summed E-state index contributed by atoms with van der Waals surface area (Å²) in [6.45, 7) is 3.83. The van der Waals surface area contributed by atoms with Gasteiger partial charge >= 0.3 is 0 Å². The van der Waals surface area contributed by atoms with Gasteiger partial charge in [0.15, 0.2) is 5.75 Å². The van der Waals surface area contributed by atoms with E-state index in [0.29, 0.717) is 17.8 Å². The number of aliphatic hydroxyl groups is 1. The number of fused-ring (bicyclic) bond motifs is 2. The first-order valence-corrected chi connectivity index (χ1v) is 10.5. The van der Waals surface area contributed by atoms with Crippen LogP contribution < -0.4 is 14.8 Å². The van der Waals surface area contributed by atoms with E-state index in [1.165, 1.54) is 6.20 Å². The lowest BCUT2D eigenvalue weighted by Crippen LogP contribution is -2.51. The molecular formula is C22H22ClN3O5. The van der Waals surface area contributed by atoms with Crippen LogP contribution in [0.15, 0.2) is 24.4 Å². The Hall–Kier alpha value is -2.84. The molecule has 2 amide bonds. The standard InChI is InChI=1S/C22H22ClN3O5/c1-22(2,29)18(11-6-7-11)26-9-12-4-3-5-14(15(12)21(26)28)25-19(27)16-13(23)8-24-20-17(16)30-10-31-20/h3-5,8,11,18,29H,6-7,9-10H2,1-2H3,(H,25,27)/t18-/m1/s1. The Bertz CT molecular complexity index is 1090. The van der Waals surface area contributed by atoms with E-state index in [1.54, 1.807) is 30.9 Å². The minimum atomic E-state index is -1.02. The molecule has 8 nitrogen and oxygen atoms in total. The minimum absolute atomic E-state index is 0.0450. The van der Waals surface area contributed by atoms with Gasteiger partial charge in [0.25, 0.3) is 17.7 Å². The second-order valence-electron chi connectivity index (χ2n) is 8.68. The number of carbonyl (C=O) groups is 2. The van der Waals surface area contributed by atoms with Crippen molar-refractivity contribution in [3.63, 3.8) is 0 Å². The third-order valence-corrected chi connectivity index (χ3v) is 6.21. The highest BCUT2D eigenvalue weighted by molar-refractivity contribution is 6.35. The molecule has 9 heteroatoms. The third kappa shape index (κ3) is 3.40. The molecule has 31 heavy (non-hydrogen) atoms. The molecular weight excluding hydrogens is 422 g/mol. The molecule has 1 aromatic heterocycles. The van der Waals surface area contributed by atoms with Crippen LogP contribution in [0.3, 0.4) is 0 Å². The van der Waals surface area contributed by atoms with Gasteiger partial charge in [0, 0.05) is 6.54 Å². The predicted molar refractivity (Wildman–Crippen MR) is 112 cm³/mol. The minimum Gasteiger partial charge on any atom is -0.451 e. The smallest absolute Gasteiger partial charge is 0.261 e. The van der Waals surface area contributed by atoms with Crippen molar-refractivity contribution < 1.29 is 24.2 Å². The molecule has 1 aromatic carbocycles. The summed E-state index contributed by atoms with van der Waals surface area (Å²) in [5.74, 6) is -0.0499. The molecule has 0 bridgehead atoms. The number of anilines is 1. The van der Waals surface area contributed by atoms with Crippen LogP contribution in [0.1, 0.15) is 53.0 Å². The lowest BCUT2D eigenvalue weighted by atomic mass is 9.93. The SMILES string of the molecule is CC(C)(O)[C@@H](C1CC1)N1Cc2cccc(NC(=O)c3c(Cl)cnc4c3OCO4)c2C1=O. The molecule has 1 aliphatic carbocycles. The molecule has 2 aromatic rings. The first-order valence-electron chi connectivity index (χ1n) is 10.2. The summed E-state index contributed by atoms with van der Waals surface area (Å²) in [4.78, 5) is 32.2. The van der Waals surface area contributed by atoms with Gasteiger partial charge in [-0.15, -0.1) is 0 Å². The Morgan fingerprint density at radius 1 is 1.35 bits per heavy atom. The van der Waals surface area contributed by atoms with E-state index in [4.69, 9.17) is 21.1 Å². The number of benzene rings is 1. The number of nitrogens with zero attached hydrogens (tertiary/aromatic N) is 2. The summed E-state index contributed by atoms with van der Waals surface area (Å²) in [5.41, 5.74) is 0.718. The zero-order valence-corrected chi connectivity index (χ0v) is 17.9. The van der Waals surface area contributed by atoms with Crippen molar-refractivity contribution in [3.8, 4) is 11.6 Å². The van der Waals surface area contributed by atoms with Crippen LogP contribution in [-0.2, 0) is 6.54 Å². The van der Waals surface area contributed by atoms with Crippen LogP contribution in [0.25, 0.3) is 0 Å². The first-order chi connectivity index (χ1) is 14.8. The molecule has 2 N–H and O–H groups in total. The van der Waals surface area contributed by atoms with Gasteiger partial charge in [-0.3, -0.25) is 9.59 Å². The van der Waals surface area contributed by atoms with Crippen LogP contribution in [0.2, 0.25) is 5.02 Å². The van der Waals surface area contributed by atoms with Gasteiger partial charge in [0.05, 0.1) is 34.1 Å². The van der Waals surface area contributed by atoms with Crippen LogP contribution in [-0.4, -0.2) is 45.2 Å². The topological polar surface area (TPSA) is 101 Å². The Kier molecular flexibility index (Phi) is 4.60. The molecule has 1 atom stereocenters. The Balaban J connectivity index is 1.46. The number of hydrogen-bond acceptors (Lipinski definition) is 6. The molecule has 162 valence electrons. The molecule has 3 aliphatic rings. The Labute approximate surface area is 184 Å². The molecule has 0 radical (unpaired) electrons. The van der Waals surface area contributed by atoms with Gasteiger partial charge in [0.1, 0.15) is 5.56 Å². The second kappa shape index (κ2) is 7.10. The van der Waals surface area contributed by atoms with Gasteiger partial charge in [-0.2, -0.15) is 0 Å². The van der Waals surface area contributed by atoms with Gasteiger partial charge in [0.2, 0.25) is 6.79 Å². The van der Waals surface area contributed by atoms with E-state index in [2.05, 4.69) is 10.3 Å². The Morgan fingerprint density at radius 3 is 2.84 bits per heavy atom. The molecule has 1 saturated carbocycles. The van der Waals surface area contributed by atoms with Crippen LogP contribution in [0, 0.1) is 5.92 Å². The number of hydrogen-bond donors (Lipinski definition) is 2. The maximum atomic E-state index is 13.4. The van der Waals surface area contributed by atoms with Gasteiger partial charge in [-0.1, -0.05) is 23.7 Å². The zero-order chi connectivity index (χ0) is 21.9. The zero-order valence-electron chi connectivity index (χ0n) is 17.1. The van der Waals surface area contributed by atoms with Gasteiger partial charge in [-0.25, -0.2) is 4.98 Å². The number of aromatic nitrogens is 1. The normalized spacial score (nSPS) is 18.2. The first kappa shape index (κ1) is 20.1. The number of rotatable bonds is 5. The molecule has 0 spiro atoms. The van der Waals surface area contributed by atoms with Crippen molar-refractivity contribution in [3.05, 3.63) is 46.1 Å². The van der Waals surface area contributed by atoms with E-state index < -0.39 is 11.5 Å². The summed E-state index contributed by atoms with van der Waals surface area (Å²) in [6.07, 6.45) is 3.31. The highest BCUT2D eigenvalue weighted by Gasteiger charge is 2.48. The number of pyridine rings is 1. The number of halogens is 1. The summed E-state index contributed by atoms with van der Waals surface area (Å²) < 4.78 is 10.6. The van der Waals surface area contributed by atoms with Crippen LogP contribution in [0.5, 0.6) is 11.6 Å². The van der Waals surface area contributed by atoms with Crippen molar-refractivity contribution in [2.75, 3.05) is 12.1 Å². The van der Waals surface area contributed by atoms with Crippen molar-refractivity contribution in [2.24, 2.45) is 5.92 Å². The average molecular weight is 444 g/mol. The van der Waals surface area contributed by atoms with Crippen molar-refractivity contribution in [1.29, 1.82) is 0 Å². The van der Waals surface area contributed by atoms with Gasteiger partial charge in [-0.05, 0) is 44.2 Å². The van der Waals surface area contributed by atoms with Crippen LogP contribution >= 0.6 is 11.6 Å². The number of nitrogens with one attached hydrogen (secondary N) is 1. The molecule has 1 fully saturated rings. The van der Waals surface area contributed by atoms with Crippen molar-refractivity contribution in [2.45, 2.75) is 44.9 Å². The molecule has 3 heterocycles.